The highest BCUT2D eigenvalue weighted by atomic mass is 16.2. The van der Waals surface area contributed by atoms with E-state index in [4.69, 9.17) is 0 Å². The van der Waals surface area contributed by atoms with Crippen molar-refractivity contribution in [1.82, 2.24) is 10.2 Å². The van der Waals surface area contributed by atoms with Gasteiger partial charge in [0.05, 0.1) is 0 Å². The molecule has 0 radical (unpaired) electrons. The van der Waals surface area contributed by atoms with Crippen LogP contribution in [0.3, 0.4) is 0 Å². The van der Waals surface area contributed by atoms with Crippen LogP contribution in [0, 0.1) is 0 Å². The molecule has 1 aliphatic rings. The second-order valence-corrected chi connectivity index (χ2v) is 4.52. The molecule has 17 heavy (non-hydrogen) atoms. The van der Waals surface area contributed by atoms with Crippen molar-refractivity contribution in [2.24, 2.45) is 0 Å². The second kappa shape index (κ2) is 4.20. The Morgan fingerprint density at radius 1 is 1.24 bits per heavy atom. The number of nitrogens with one attached hydrogen (secondary N) is 1. The third-order valence-electron chi connectivity index (χ3n) is 3.19. The smallest absolute Gasteiger partial charge is 0.252 e. The molecule has 1 N–H and O–H groups in total. The first kappa shape index (κ1) is 11.6. The van der Waals surface area contributed by atoms with Crippen molar-refractivity contribution in [2.75, 3.05) is 13.6 Å². The number of hydrogen-bond acceptors (Lipinski definition) is 2. The standard InChI is InChI=1S/C13H16N2O2/c1-13(10-6-4-3-5-7-10)12(17)15(2)9-8-11(16)14-13/h3-7H,8-9H2,1-2H3,(H,14,16). The molecule has 2 amide bonds. The first-order valence-corrected chi connectivity index (χ1v) is 5.66. The van der Waals surface area contributed by atoms with Gasteiger partial charge in [0.25, 0.3) is 5.91 Å². The predicted octanol–water partition coefficient (Wildman–Crippen LogP) is 0.880. The minimum absolute atomic E-state index is 0.0745. The first-order chi connectivity index (χ1) is 8.04. The van der Waals surface area contributed by atoms with E-state index in [1.54, 1.807) is 18.9 Å². The summed E-state index contributed by atoms with van der Waals surface area (Å²) in [7, 11) is 1.73. The van der Waals surface area contributed by atoms with E-state index in [2.05, 4.69) is 5.32 Å². The molecule has 0 bridgehead atoms. The van der Waals surface area contributed by atoms with E-state index in [1.807, 2.05) is 30.3 Å². The molecule has 0 saturated carbocycles. The van der Waals surface area contributed by atoms with Gasteiger partial charge in [0.15, 0.2) is 0 Å². The molecule has 1 aromatic rings. The zero-order chi connectivity index (χ0) is 12.5. The predicted molar refractivity (Wildman–Crippen MR) is 64.2 cm³/mol. The van der Waals surface area contributed by atoms with E-state index in [-0.39, 0.29) is 11.8 Å². The average Bonchev–Trinajstić information content (AvgIpc) is 2.44. The van der Waals surface area contributed by atoms with Gasteiger partial charge in [-0.2, -0.15) is 0 Å². The second-order valence-electron chi connectivity index (χ2n) is 4.52. The molecule has 4 heteroatoms. The number of hydrogen-bond donors (Lipinski definition) is 1. The van der Waals surface area contributed by atoms with Crippen molar-refractivity contribution in [3.8, 4) is 0 Å². The molecular formula is C13H16N2O2. The number of likely N-dealkylation sites (N-methyl/N-ethyl adjacent to an activating group) is 1. The maximum atomic E-state index is 12.3. The summed E-state index contributed by atoms with van der Waals surface area (Å²) in [5.74, 6) is -0.163. The van der Waals surface area contributed by atoms with E-state index in [0.29, 0.717) is 13.0 Å². The molecule has 0 aliphatic carbocycles. The molecular weight excluding hydrogens is 216 g/mol. The molecule has 2 rings (SSSR count). The van der Waals surface area contributed by atoms with E-state index in [1.165, 1.54) is 0 Å². The van der Waals surface area contributed by atoms with E-state index in [9.17, 15) is 9.59 Å². The lowest BCUT2D eigenvalue weighted by Crippen LogP contribution is -2.51. The zero-order valence-electron chi connectivity index (χ0n) is 10.1. The van der Waals surface area contributed by atoms with Crippen molar-refractivity contribution in [3.05, 3.63) is 35.9 Å². The highest BCUT2D eigenvalue weighted by Gasteiger charge is 2.40. The van der Waals surface area contributed by atoms with Gasteiger partial charge in [0, 0.05) is 20.0 Å². The highest BCUT2D eigenvalue weighted by molar-refractivity contribution is 5.93. The molecule has 1 aromatic carbocycles. The van der Waals surface area contributed by atoms with Gasteiger partial charge >= 0.3 is 0 Å². The van der Waals surface area contributed by atoms with Gasteiger partial charge in [0.1, 0.15) is 5.54 Å². The SMILES string of the molecule is CN1CCC(=O)NC(C)(c2ccccc2)C1=O. The summed E-state index contributed by atoms with van der Waals surface area (Å²) in [5, 5.41) is 2.82. The summed E-state index contributed by atoms with van der Waals surface area (Å²) in [4.78, 5) is 25.6. The highest BCUT2D eigenvalue weighted by Crippen LogP contribution is 2.24. The van der Waals surface area contributed by atoms with E-state index in [0.717, 1.165) is 5.56 Å². The van der Waals surface area contributed by atoms with E-state index < -0.39 is 5.54 Å². The van der Waals surface area contributed by atoms with Crippen LogP contribution in [0.4, 0.5) is 0 Å². The largest absolute Gasteiger partial charge is 0.343 e. The Bertz CT molecular complexity index is 444. The van der Waals surface area contributed by atoms with E-state index >= 15 is 0 Å². The first-order valence-electron chi connectivity index (χ1n) is 5.66. The Morgan fingerprint density at radius 3 is 2.53 bits per heavy atom. The number of benzene rings is 1. The fraction of sp³-hybridized carbons (Fsp3) is 0.385. The van der Waals surface area contributed by atoms with Gasteiger partial charge in [-0.05, 0) is 12.5 Å². The van der Waals surface area contributed by atoms with Crippen LogP contribution in [0.25, 0.3) is 0 Å². The van der Waals surface area contributed by atoms with Crippen LogP contribution >= 0.6 is 0 Å². The fourth-order valence-corrected chi connectivity index (χ4v) is 2.11. The minimum Gasteiger partial charge on any atom is -0.343 e. The lowest BCUT2D eigenvalue weighted by molar-refractivity contribution is -0.137. The van der Waals surface area contributed by atoms with Crippen molar-refractivity contribution < 1.29 is 9.59 Å². The van der Waals surface area contributed by atoms with Crippen LogP contribution in [-0.4, -0.2) is 30.3 Å². The summed E-state index contributed by atoms with van der Waals surface area (Å²) in [6, 6.07) is 9.34. The van der Waals surface area contributed by atoms with Gasteiger partial charge in [-0.1, -0.05) is 30.3 Å². The number of carbonyl (C=O) groups is 2. The Labute approximate surface area is 101 Å². The molecule has 1 fully saturated rings. The summed E-state index contributed by atoms with van der Waals surface area (Å²) >= 11 is 0. The van der Waals surface area contributed by atoms with Crippen molar-refractivity contribution in [2.45, 2.75) is 18.9 Å². The maximum absolute atomic E-state index is 12.3. The quantitative estimate of drug-likeness (QED) is 0.781. The molecule has 0 aromatic heterocycles. The normalized spacial score (nSPS) is 25.4. The summed E-state index contributed by atoms with van der Waals surface area (Å²) in [6.07, 6.45) is 0.352. The third-order valence-corrected chi connectivity index (χ3v) is 3.19. The topological polar surface area (TPSA) is 49.4 Å². The minimum atomic E-state index is -0.955. The van der Waals surface area contributed by atoms with Crippen molar-refractivity contribution in [3.63, 3.8) is 0 Å². The zero-order valence-corrected chi connectivity index (χ0v) is 10.1. The van der Waals surface area contributed by atoms with Crippen LogP contribution in [-0.2, 0) is 15.1 Å². The van der Waals surface area contributed by atoms with Gasteiger partial charge in [0.2, 0.25) is 5.91 Å². The average molecular weight is 232 g/mol. The van der Waals surface area contributed by atoms with Crippen LogP contribution in [0.15, 0.2) is 30.3 Å². The van der Waals surface area contributed by atoms with Gasteiger partial charge < -0.3 is 10.2 Å². The Hall–Kier alpha value is -1.84. The Morgan fingerprint density at radius 2 is 1.88 bits per heavy atom. The van der Waals surface area contributed by atoms with Gasteiger partial charge in [-0.3, -0.25) is 9.59 Å². The van der Waals surface area contributed by atoms with Crippen molar-refractivity contribution >= 4 is 11.8 Å². The van der Waals surface area contributed by atoms with Crippen molar-refractivity contribution in [1.29, 1.82) is 0 Å². The molecule has 1 heterocycles. The number of carbonyl (C=O) groups excluding carboxylic acids is 2. The molecule has 0 spiro atoms. The molecule has 1 aliphatic heterocycles. The number of amides is 2. The monoisotopic (exact) mass is 232 g/mol. The number of rotatable bonds is 1. The van der Waals surface area contributed by atoms with Crippen LogP contribution < -0.4 is 5.32 Å². The molecule has 1 atom stereocenters. The summed E-state index contributed by atoms with van der Waals surface area (Å²) in [6.45, 7) is 2.22. The molecule has 1 unspecified atom stereocenters. The number of nitrogens with zero attached hydrogens (tertiary/aromatic N) is 1. The van der Waals surface area contributed by atoms with Gasteiger partial charge in [-0.15, -0.1) is 0 Å². The Balaban J connectivity index is 2.45. The lowest BCUT2D eigenvalue weighted by Gasteiger charge is -2.30. The van der Waals surface area contributed by atoms with Crippen LogP contribution in [0.5, 0.6) is 0 Å². The Kier molecular flexibility index (Phi) is 2.88. The van der Waals surface area contributed by atoms with Crippen LogP contribution in [0.1, 0.15) is 18.9 Å². The molecule has 4 nitrogen and oxygen atoms in total. The molecule has 1 saturated heterocycles. The maximum Gasteiger partial charge on any atom is 0.252 e. The fourth-order valence-electron chi connectivity index (χ4n) is 2.11. The lowest BCUT2D eigenvalue weighted by atomic mass is 9.90. The third kappa shape index (κ3) is 2.02. The summed E-state index contributed by atoms with van der Waals surface area (Å²) < 4.78 is 0. The van der Waals surface area contributed by atoms with Crippen LogP contribution in [0.2, 0.25) is 0 Å². The summed E-state index contributed by atoms with van der Waals surface area (Å²) in [5.41, 5.74) is -0.143. The molecule has 90 valence electrons. The van der Waals surface area contributed by atoms with Gasteiger partial charge in [-0.25, -0.2) is 0 Å².